The third-order valence-electron chi connectivity index (χ3n) is 8.54. The van der Waals surface area contributed by atoms with E-state index >= 15 is 0 Å². The van der Waals surface area contributed by atoms with E-state index in [0.717, 1.165) is 86.1 Å². The molecule has 3 aromatic heterocycles. The van der Waals surface area contributed by atoms with Crippen LogP contribution in [0.1, 0.15) is 58.8 Å². The number of benzene rings is 2. The normalized spacial score (nSPS) is 15.2. The molecule has 1 aliphatic rings. The zero-order valence-electron chi connectivity index (χ0n) is 28.4. The molecule has 0 N–H and O–H groups in total. The van der Waals surface area contributed by atoms with E-state index in [9.17, 15) is 4.79 Å². The summed E-state index contributed by atoms with van der Waals surface area (Å²) in [6.07, 6.45) is 0.949. The smallest absolute Gasteiger partial charge is 0.339 e. The molecule has 11 heteroatoms. The zero-order chi connectivity index (χ0) is 33.6. The molecule has 0 radical (unpaired) electrons. The third-order valence-corrected chi connectivity index (χ3v) is 9.93. The minimum atomic E-state index is -0.928. The lowest BCUT2D eigenvalue weighted by Crippen LogP contribution is -2.49. The quantitative estimate of drug-likeness (QED) is 0.154. The molecular weight excluding hydrogens is 632 g/mol. The molecule has 1 aliphatic heterocycles. The minimum Gasteiger partial charge on any atom is -0.464 e. The molecule has 47 heavy (non-hydrogen) atoms. The Labute approximate surface area is 285 Å². The van der Waals surface area contributed by atoms with E-state index in [1.165, 1.54) is 0 Å². The molecule has 0 unspecified atom stereocenters. The van der Waals surface area contributed by atoms with Gasteiger partial charge < -0.3 is 14.4 Å². The Bertz CT molecular complexity index is 1920. The fraction of sp³-hybridized carbons (Fsp3) is 0.444. The van der Waals surface area contributed by atoms with E-state index in [1.807, 2.05) is 82.9 Å². The predicted molar refractivity (Wildman–Crippen MR) is 191 cm³/mol. The van der Waals surface area contributed by atoms with Crippen LogP contribution in [0, 0.1) is 6.92 Å². The zero-order valence-corrected chi connectivity index (χ0v) is 30.0. The Hall–Kier alpha value is -3.57. The van der Waals surface area contributed by atoms with Crippen molar-refractivity contribution >= 4 is 56.0 Å². The van der Waals surface area contributed by atoms with Gasteiger partial charge in [0, 0.05) is 67.2 Å². The van der Waals surface area contributed by atoms with Crippen LogP contribution in [-0.4, -0.2) is 75.0 Å². The molecule has 5 aromatic rings. The highest BCUT2D eigenvalue weighted by atomic mass is 35.5. The van der Waals surface area contributed by atoms with Crippen LogP contribution < -0.4 is 4.90 Å². The maximum Gasteiger partial charge on any atom is 0.339 e. The first-order valence-corrected chi connectivity index (χ1v) is 17.4. The van der Waals surface area contributed by atoms with E-state index in [0.29, 0.717) is 11.1 Å². The lowest BCUT2D eigenvalue weighted by molar-refractivity contribution is -0.166. The Morgan fingerprint density at radius 3 is 2.40 bits per heavy atom. The molecule has 248 valence electrons. The molecule has 2 aromatic carbocycles. The molecule has 4 heterocycles. The van der Waals surface area contributed by atoms with Crippen molar-refractivity contribution in [2.75, 3.05) is 37.7 Å². The number of halogens is 1. The fourth-order valence-corrected chi connectivity index (χ4v) is 7.53. The Kier molecular flexibility index (Phi) is 9.32. The maximum absolute atomic E-state index is 13.5. The molecule has 6 rings (SSSR count). The number of esters is 1. The molecule has 1 fully saturated rings. The number of hydrogen-bond donors (Lipinski definition) is 0. The van der Waals surface area contributed by atoms with Gasteiger partial charge in [-0.3, -0.25) is 4.90 Å². The molecule has 0 bridgehead atoms. The second kappa shape index (κ2) is 13.1. The summed E-state index contributed by atoms with van der Waals surface area (Å²) in [7, 11) is 1.95. The summed E-state index contributed by atoms with van der Waals surface area (Å²) in [4.78, 5) is 28.4. The average molecular weight is 675 g/mol. The first kappa shape index (κ1) is 33.3. The van der Waals surface area contributed by atoms with Crippen molar-refractivity contribution in [3.63, 3.8) is 0 Å². The number of aryl methyl sites for hydroxylation is 2. The summed E-state index contributed by atoms with van der Waals surface area (Å²) < 4.78 is 14.8. The van der Waals surface area contributed by atoms with Gasteiger partial charge >= 0.3 is 5.97 Å². The first-order valence-electron chi connectivity index (χ1n) is 16.2. The summed E-state index contributed by atoms with van der Waals surface area (Å²) >= 11 is 7.91. The Morgan fingerprint density at radius 1 is 1.06 bits per heavy atom. The summed E-state index contributed by atoms with van der Waals surface area (Å²) in [6.45, 7) is 18.2. The highest BCUT2D eigenvalue weighted by molar-refractivity contribution is 7.22. The van der Waals surface area contributed by atoms with Crippen LogP contribution in [0.5, 0.6) is 0 Å². The molecule has 9 nitrogen and oxygen atoms in total. The largest absolute Gasteiger partial charge is 0.464 e. The average Bonchev–Trinajstić information content (AvgIpc) is 3.60. The van der Waals surface area contributed by atoms with E-state index in [-0.39, 0.29) is 6.61 Å². The van der Waals surface area contributed by atoms with Crippen molar-refractivity contribution in [2.24, 2.45) is 7.05 Å². The number of pyridine rings is 1. The van der Waals surface area contributed by atoms with Crippen LogP contribution in [0.2, 0.25) is 5.02 Å². The summed E-state index contributed by atoms with van der Waals surface area (Å²) in [5.74, 6) is 0.538. The van der Waals surface area contributed by atoms with Crippen LogP contribution in [0.4, 0.5) is 5.82 Å². The maximum atomic E-state index is 13.5. The first-order chi connectivity index (χ1) is 22.3. The van der Waals surface area contributed by atoms with Crippen molar-refractivity contribution in [2.45, 2.75) is 66.2 Å². The molecule has 1 saturated heterocycles. The molecular formula is C36H43ClN6O3S. The van der Waals surface area contributed by atoms with Gasteiger partial charge in [0.1, 0.15) is 5.01 Å². The standard InChI is InChI=1S/C36H43ClN6O3S/c1-9-45-35(44)30(46-36(5,6)7)28-22(4)18-27-31(29(28)23-10-12-25(37)13-11-23)47-34(39-27)24-19-26-32(38-20-24)41(8)40-33(26)43-16-14-42(15-17-43)21(2)3/h10-13,18-21,30H,9,14-17H2,1-8H3/t30-/m0/s1. The second-order valence-electron chi connectivity index (χ2n) is 13.4. The number of nitrogens with zero attached hydrogens (tertiary/aromatic N) is 6. The van der Waals surface area contributed by atoms with Gasteiger partial charge in [0.05, 0.1) is 27.8 Å². The van der Waals surface area contributed by atoms with Crippen LogP contribution >= 0.6 is 22.9 Å². The molecule has 0 amide bonds. The van der Waals surface area contributed by atoms with Gasteiger partial charge in [0.25, 0.3) is 0 Å². The SMILES string of the molecule is CCOC(=O)[C@@H](OC(C)(C)C)c1c(C)cc2nc(-c3cnc4c(c3)c(N3CCN(C(C)C)CC3)nn4C)sc2c1-c1ccc(Cl)cc1. The van der Waals surface area contributed by atoms with Gasteiger partial charge in [-0.15, -0.1) is 11.3 Å². The van der Waals surface area contributed by atoms with Crippen molar-refractivity contribution in [3.05, 3.63) is 58.7 Å². The van der Waals surface area contributed by atoms with Crippen molar-refractivity contribution < 1.29 is 14.3 Å². The highest BCUT2D eigenvalue weighted by Crippen LogP contribution is 2.45. The van der Waals surface area contributed by atoms with Crippen molar-refractivity contribution in [1.82, 2.24) is 24.6 Å². The van der Waals surface area contributed by atoms with Gasteiger partial charge in [-0.05, 0) is 83.9 Å². The number of piperazine rings is 1. The van der Waals surface area contributed by atoms with Crippen LogP contribution in [0.25, 0.3) is 42.9 Å². The van der Waals surface area contributed by atoms with Gasteiger partial charge in [-0.2, -0.15) is 5.10 Å². The number of carbonyl (C=O) groups excluding carboxylic acids is 1. The highest BCUT2D eigenvalue weighted by Gasteiger charge is 2.34. The van der Waals surface area contributed by atoms with E-state index in [4.69, 9.17) is 36.1 Å². The monoisotopic (exact) mass is 674 g/mol. The minimum absolute atomic E-state index is 0.254. The van der Waals surface area contributed by atoms with E-state index in [2.05, 4.69) is 29.7 Å². The summed E-state index contributed by atoms with van der Waals surface area (Å²) in [6, 6.07) is 12.4. The number of thiazole rings is 1. The Morgan fingerprint density at radius 2 is 1.77 bits per heavy atom. The van der Waals surface area contributed by atoms with Crippen LogP contribution in [0.3, 0.4) is 0 Å². The number of fused-ring (bicyclic) bond motifs is 2. The molecule has 1 atom stereocenters. The molecule has 0 spiro atoms. The van der Waals surface area contributed by atoms with Crippen LogP contribution in [-0.2, 0) is 21.3 Å². The number of anilines is 1. The second-order valence-corrected chi connectivity index (χ2v) is 14.8. The number of rotatable bonds is 8. The van der Waals surface area contributed by atoms with E-state index < -0.39 is 17.7 Å². The number of ether oxygens (including phenoxy) is 2. The summed E-state index contributed by atoms with van der Waals surface area (Å²) in [5.41, 5.74) is 5.48. The van der Waals surface area contributed by atoms with E-state index in [1.54, 1.807) is 11.3 Å². The topological polar surface area (TPSA) is 85.6 Å². The molecule has 0 aliphatic carbocycles. The van der Waals surface area contributed by atoms with Gasteiger partial charge in [0.15, 0.2) is 17.6 Å². The predicted octanol–water partition coefficient (Wildman–Crippen LogP) is 7.82. The van der Waals surface area contributed by atoms with Gasteiger partial charge in [0.2, 0.25) is 0 Å². The molecule has 0 saturated carbocycles. The Balaban J connectivity index is 1.50. The third kappa shape index (κ3) is 6.74. The lowest BCUT2D eigenvalue weighted by Gasteiger charge is -2.37. The summed E-state index contributed by atoms with van der Waals surface area (Å²) in [5, 5.41) is 7.38. The van der Waals surface area contributed by atoms with Gasteiger partial charge in [-0.1, -0.05) is 23.7 Å². The lowest BCUT2D eigenvalue weighted by atomic mass is 9.91. The number of carbonyl (C=O) groups is 1. The fourth-order valence-electron chi connectivity index (χ4n) is 6.30. The van der Waals surface area contributed by atoms with Crippen LogP contribution in [0.15, 0.2) is 42.6 Å². The van der Waals surface area contributed by atoms with Gasteiger partial charge in [-0.25, -0.2) is 19.4 Å². The van der Waals surface area contributed by atoms with Crippen molar-refractivity contribution in [3.8, 4) is 21.7 Å². The number of hydrogen-bond acceptors (Lipinski definition) is 9. The van der Waals surface area contributed by atoms with Crippen molar-refractivity contribution in [1.29, 1.82) is 0 Å². The number of aromatic nitrogens is 4.